The fraction of sp³-hybridized carbons (Fsp3) is 0.389. The van der Waals surface area contributed by atoms with Crippen LogP contribution in [0.2, 0.25) is 0 Å². The minimum Gasteiger partial charge on any atom is -0.298 e. The van der Waals surface area contributed by atoms with Gasteiger partial charge in [-0.15, -0.1) is 0 Å². The molecule has 3 fully saturated rings. The molecule has 21 heavy (non-hydrogen) atoms. The number of aldehydes is 1. The van der Waals surface area contributed by atoms with Crippen molar-refractivity contribution in [1.82, 2.24) is 10.4 Å². The zero-order valence-corrected chi connectivity index (χ0v) is 12.1. The highest BCUT2D eigenvalue weighted by atomic mass is 16.1. The van der Waals surface area contributed by atoms with Crippen LogP contribution in [0, 0.1) is 5.92 Å². The Balaban J connectivity index is 1.86. The summed E-state index contributed by atoms with van der Waals surface area (Å²) in [4.78, 5) is 11.3. The Kier molecular flexibility index (Phi) is 3.24. The van der Waals surface area contributed by atoms with Crippen LogP contribution in [-0.2, 0) is 0 Å². The molecule has 108 valence electrons. The largest absolute Gasteiger partial charge is 0.298 e. The SMILES string of the molecule is O=Cc1cc(C2CNN3CCC2CC3)c2ccccc2c1. The molecule has 5 rings (SSSR count). The van der Waals surface area contributed by atoms with Gasteiger partial charge < -0.3 is 0 Å². The number of nitrogens with zero attached hydrogens (tertiary/aromatic N) is 1. The summed E-state index contributed by atoms with van der Waals surface area (Å²) in [6, 6.07) is 12.5. The number of benzene rings is 2. The normalized spacial score (nSPS) is 28.5. The van der Waals surface area contributed by atoms with Crippen LogP contribution in [-0.4, -0.2) is 30.9 Å². The molecule has 0 saturated carbocycles. The highest BCUT2D eigenvalue weighted by Gasteiger charge is 2.32. The van der Waals surface area contributed by atoms with Crippen LogP contribution in [0.1, 0.15) is 34.7 Å². The van der Waals surface area contributed by atoms with Crippen molar-refractivity contribution in [2.24, 2.45) is 5.92 Å². The molecule has 3 nitrogen and oxygen atoms in total. The molecule has 0 aliphatic carbocycles. The molecule has 3 aliphatic heterocycles. The maximum Gasteiger partial charge on any atom is 0.150 e. The Morgan fingerprint density at radius 1 is 1.14 bits per heavy atom. The molecule has 3 saturated heterocycles. The van der Waals surface area contributed by atoms with Gasteiger partial charge in [-0.1, -0.05) is 24.3 Å². The predicted octanol–water partition coefficient (Wildman–Crippen LogP) is 2.97. The van der Waals surface area contributed by atoms with Crippen LogP contribution in [0.4, 0.5) is 0 Å². The third-order valence-electron chi connectivity index (χ3n) is 5.10. The first kappa shape index (κ1) is 13.0. The van der Waals surface area contributed by atoms with E-state index in [9.17, 15) is 4.79 Å². The molecule has 1 N–H and O–H groups in total. The van der Waals surface area contributed by atoms with Crippen molar-refractivity contribution in [3.63, 3.8) is 0 Å². The highest BCUT2D eigenvalue weighted by Crippen LogP contribution is 2.38. The maximum atomic E-state index is 11.3. The molecule has 3 aliphatic rings. The zero-order valence-electron chi connectivity index (χ0n) is 12.1. The predicted molar refractivity (Wildman–Crippen MR) is 84.4 cm³/mol. The molecular weight excluding hydrogens is 260 g/mol. The van der Waals surface area contributed by atoms with Crippen molar-refractivity contribution >= 4 is 17.1 Å². The number of hydrazine groups is 1. The van der Waals surface area contributed by atoms with Crippen LogP contribution in [0.5, 0.6) is 0 Å². The number of rotatable bonds is 2. The smallest absolute Gasteiger partial charge is 0.150 e. The lowest BCUT2D eigenvalue weighted by molar-refractivity contribution is 0.112. The number of piperidine rings is 1. The summed E-state index contributed by atoms with van der Waals surface area (Å²) in [7, 11) is 0. The van der Waals surface area contributed by atoms with E-state index < -0.39 is 0 Å². The first-order valence-corrected chi connectivity index (χ1v) is 7.81. The van der Waals surface area contributed by atoms with E-state index in [0.717, 1.165) is 37.4 Å². The summed E-state index contributed by atoms with van der Waals surface area (Å²) in [5.74, 6) is 1.23. The van der Waals surface area contributed by atoms with E-state index in [1.165, 1.54) is 29.2 Å². The molecule has 0 radical (unpaired) electrons. The van der Waals surface area contributed by atoms with Crippen molar-refractivity contribution in [1.29, 1.82) is 0 Å². The van der Waals surface area contributed by atoms with Gasteiger partial charge in [-0.3, -0.25) is 10.2 Å². The number of hydrogen-bond donors (Lipinski definition) is 1. The second-order valence-electron chi connectivity index (χ2n) is 6.24. The summed E-state index contributed by atoms with van der Waals surface area (Å²) in [5, 5.41) is 4.83. The molecule has 2 bridgehead atoms. The van der Waals surface area contributed by atoms with Gasteiger partial charge in [0.1, 0.15) is 6.29 Å². The van der Waals surface area contributed by atoms with E-state index in [0.29, 0.717) is 5.92 Å². The Bertz CT molecular complexity index is 674. The van der Waals surface area contributed by atoms with Crippen LogP contribution in [0.3, 0.4) is 0 Å². The second kappa shape index (κ2) is 5.24. The van der Waals surface area contributed by atoms with Gasteiger partial charge in [-0.2, -0.15) is 0 Å². The van der Waals surface area contributed by atoms with E-state index in [-0.39, 0.29) is 0 Å². The summed E-state index contributed by atoms with van der Waals surface area (Å²) in [6.45, 7) is 3.27. The average Bonchev–Trinajstić information content (AvgIpc) is 2.87. The molecule has 3 heteroatoms. The molecule has 2 aromatic rings. The summed E-state index contributed by atoms with van der Waals surface area (Å²) in [5.41, 5.74) is 5.71. The van der Waals surface area contributed by atoms with Crippen LogP contribution >= 0.6 is 0 Å². The van der Waals surface area contributed by atoms with Gasteiger partial charge >= 0.3 is 0 Å². The van der Waals surface area contributed by atoms with Gasteiger partial charge in [0.05, 0.1) is 0 Å². The van der Waals surface area contributed by atoms with Gasteiger partial charge in [0.15, 0.2) is 0 Å². The Labute approximate surface area is 124 Å². The number of hydrogen-bond acceptors (Lipinski definition) is 3. The fourth-order valence-electron chi connectivity index (χ4n) is 3.96. The van der Waals surface area contributed by atoms with Crippen molar-refractivity contribution in [3.8, 4) is 0 Å². The Morgan fingerprint density at radius 2 is 1.95 bits per heavy atom. The lowest BCUT2D eigenvalue weighted by atomic mass is 9.79. The zero-order chi connectivity index (χ0) is 14.2. The van der Waals surface area contributed by atoms with E-state index >= 15 is 0 Å². The number of carbonyl (C=O) groups excluding carboxylic acids is 1. The molecule has 2 aromatic carbocycles. The lowest BCUT2D eigenvalue weighted by Crippen LogP contribution is -2.39. The fourth-order valence-corrected chi connectivity index (χ4v) is 3.96. The summed E-state index contributed by atoms with van der Waals surface area (Å²) in [6.07, 6.45) is 3.47. The first-order valence-electron chi connectivity index (χ1n) is 7.81. The summed E-state index contributed by atoms with van der Waals surface area (Å²) < 4.78 is 0. The molecule has 0 spiro atoms. The van der Waals surface area contributed by atoms with Gasteiger partial charge in [-0.25, -0.2) is 5.01 Å². The molecular formula is C18H20N2O. The lowest BCUT2D eigenvalue weighted by Gasteiger charge is -2.29. The van der Waals surface area contributed by atoms with Crippen LogP contribution in [0.25, 0.3) is 10.8 Å². The van der Waals surface area contributed by atoms with Gasteiger partial charge in [0.25, 0.3) is 0 Å². The van der Waals surface area contributed by atoms with Crippen molar-refractivity contribution in [2.45, 2.75) is 18.8 Å². The Hall–Kier alpha value is -1.71. The van der Waals surface area contributed by atoms with Gasteiger partial charge in [-0.05, 0) is 47.2 Å². The van der Waals surface area contributed by atoms with E-state index in [1.807, 2.05) is 12.1 Å². The quantitative estimate of drug-likeness (QED) is 0.858. The Morgan fingerprint density at radius 3 is 2.76 bits per heavy atom. The monoisotopic (exact) mass is 280 g/mol. The highest BCUT2D eigenvalue weighted by molar-refractivity contribution is 5.92. The number of nitrogens with one attached hydrogen (secondary N) is 1. The van der Waals surface area contributed by atoms with E-state index in [1.54, 1.807) is 0 Å². The van der Waals surface area contributed by atoms with Crippen molar-refractivity contribution < 1.29 is 4.79 Å². The minimum absolute atomic E-state index is 0.502. The topological polar surface area (TPSA) is 32.3 Å². The standard InChI is InChI=1S/C18H20N2O/c21-12-13-9-15-3-1-2-4-16(15)17(10-13)18-11-19-20-7-5-14(18)6-8-20/h1-4,9-10,12,14,18-19H,5-8,11H2. The number of fused-ring (bicyclic) bond motifs is 5. The van der Waals surface area contributed by atoms with E-state index in [2.05, 4.69) is 34.7 Å². The molecule has 3 heterocycles. The van der Waals surface area contributed by atoms with Crippen LogP contribution < -0.4 is 5.43 Å². The summed E-state index contributed by atoms with van der Waals surface area (Å²) >= 11 is 0. The molecule has 0 amide bonds. The first-order chi connectivity index (χ1) is 10.3. The minimum atomic E-state index is 0.502. The molecule has 1 unspecified atom stereocenters. The maximum absolute atomic E-state index is 11.3. The molecule has 0 aromatic heterocycles. The second-order valence-corrected chi connectivity index (χ2v) is 6.24. The van der Waals surface area contributed by atoms with Crippen LogP contribution in [0.15, 0.2) is 36.4 Å². The van der Waals surface area contributed by atoms with Crippen molar-refractivity contribution in [3.05, 3.63) is 47.5 Å². The van der Waals surface area contributed by atoms with Gasteiger partial charge in [0.2, 0.25) is 0 Å². The molecule has 1 atom stereocenters. The number of carbonyl (C=O) groups is 1. The van der Waals surface area contributed by atoms with E-state index in [4.69, 9.17) is 0 Å². The van der Waals surface area contributed by atoms with Crippen molar-refractivity contribution in [2.75, 3.05) is 19.6 Å². The average molecular weight is 280 g/mol. The third-order valence-corrected chi connectivity index (χ3v) is 5.10. The van der Waals surface area contributed by atoms with Gasteiger partial charge in [0, 0.05) is 31.1 Å². The third kappa shape index (κ3) is 2.27.